The van der Waals surface area contributed by atoms with Crippen molar-refractivity contribution in [1.29, 1.82) is 0 Å². The van der Waals surface area contributed by atoms with Crippen molar-refractivity contribution >= 4 is 34.4 Å². The Balaban J connectivity index is 1.30. The van der Waals surface area contributed by atoms with Gasteiger partial charge in [0, 0.05) is 35.9 Å². The number of benzene rings is 3. The first-order valence-corrected chi connectivity index (χ1v) is 14.9. The molecule has 9 nitrogen and oxygen atoms in total. The quantitative estimate of drug-likeness (QED) is 0.295. The van der Waals surface area contributed by atoms with Crippen molar-refractivity contribution in [3.63, 3.8) is 0 Å². The highest BCUT2D eigenvalue weighted by molar-refractivity contribution is 6.30. The molecule has 44 heavy (non-hydrogen) atoms. The van der Waals surface area contributed by atoms with Crippen LogP contribution in [0.4, 0.5) is 4.39 Å². The minimum Gasteiger partial charge on any atom is -0.378 e. The molecule has 1 saturated heterocycles. The Kier molecular flexibility index (Phi) is 8.99. The van der Waals surface area contributed by atoms with Gasteiger partial charge >= 0.3 is 0 Å². The van der Waals surface area contributed by atoms with Crippen LogP contribution in [0.15, 0.2) is 96.7 Å². The number of hydrogen-bond donors (Lipinski definition) is 1. The van der Waals surface area contributed by atoms with Gasteiger partial charge in [-0.3, -0.25) is 9.59 Å². The third-order valence-corrected chi connectivity index (χ3v) is 8.11. The van der Waals surface area contributed by atoms with Crippen LogP contribution >= 0.6 is 11.6 Å². The number of nitrogens with zero attached hydrogens (tertiary/aromatic N) is 5. The SMILES string of the molecule is O=C(NC1C=CC(N2CCOCC2)=CC1)C(c1ccc(Cl)cc1)N(Cc1ccccc1F)C(=O)Cn1nnc2ccccc21. The van der Waals surface area contributed by atoms with E-state index in [9.17, 15) is 14.0 Å². The zero-order valence-corrected chi connectivity index (χ0v) is 24.7. The maximum Gasteiger partial charge on any atom is 0.247 e. The number of morpholine rings is 1. The predicted molar refractivity (Wildman–Crippen MR) is 165 cm³/mol. The first kappa shape index (κ1) is 29.5. The molecule has 1 fully saturated rings. The minimum absolute atomic E-state index is 0.138. The molecule has 1 aliphatic heterocycles. The first-order valence-electron chi connectivity index (χ1n) is 14.5. The molecule has 2 amide bonds. The van der Waals surface area contributed by atoms with Crippen LogP contribution in [0.5, 0.6) is 0 Å². The van der Waals surface area contributed by atoms with Gasteiger partial charge in [-0.15, -0.1) is 5.10 Å². The summed E-state index contributed by atoms with van der Waals surface area (Å²) in [5.41, 5.74) is 3.25. The van der Waals surface area contributed by atoms with Gasteiger partial charge in [-0.1, -0.05) is 71.4 Å². The average molecular weight is 615 g/mol. The molecule has 4 aromatic rings. The van der Waals surface area contributed by atoms with E-state index in [4.69, 9.17) is 16.3 Å². The standard InChI is InChI=1S/C33H32ClFN6O3/c34-25-11-9-23(10-12-25)32(33(43)36-26-13-15-27(16-14-26)39-17-19-44-20-18-39)40(21-24-5-1-2-6-28(24)35)31(42)22-41-30-8-4-3-7-29(30)37-38-41/h1-13,15-16,26,32H,14,17-22H2,(H,36,43). The number of carbonyl (C=O) groups excluding carboxylic acids is 2. The van der Waals surface area contributed by atoms with E-state index in [1.807, 2.05) is 30.4 Å². The number of allylic oxidation sites excluding steroid dienone is 1. The number of carbonyl (C=O) groups is 2. The van der Waals surface area contributed by atoms with Gasteiger partial charge < -0.3 is 19.9 Å². The van der Waals surface area contributed by atoms with Crippen molar-refractivity contribution in [1.82, 2.24) is 30.1 Å². The Hall–Kier alpha value is -4.54. The fraction of sp³-hybridized carbons (Fsp3) is 0.273. The van der Waals surface area contributed by atoms with Gasteiger partial charge in [0.1, 0.15) is 23.9 Å². The third kappa shape index (κ3) is 6.66. The highest BCUT2D eigenvalue weighted by atomic mass is 35.5. The molecule has 2 unspecified atom stereocenters. The first-order chi connectivity index (χ1) is 21.5. The smallest absolute Gasteiger partial charge is 0.247 e. The molecule has 1 aliphatic carbocycles. The van der Waals surface area contributed by atoms with Crippen molar-refractivity contribution in [3.05, 3.63) is 119 Å². The number of amides is 2. The molecule has 11 heteroatoms. The molecule has 1 N–H and O–H groups in total. The van der Waals surface area contributed by atoms with Gasteiger partial charge in [0.25, 0.3) is 0 Å². The maximum absolute atomic E-state index is 15.0. The van der Waals surface area contributed by atoms with Crippen LogP contribution in [0.2, 0.25) is 5.02 Å². The molecule has 0 spiro atoms. The van der Waals surface area contributed by atoms with Crippen LogP contribution in [0.3, 0.4) is 0 Å². The number of fused-ring (bicyclic) bond motifs is 1. The second-order valence-corrected chi connectivity index (χ2v) is 11.2. The van der Waals surface area contributed by atoms with Crippen LogP contribution < -0.4 is 5.32 Å². The summed E-state index contributed by atoms with van der Waals surface area (Å²) in [7, 11) is 0. The molecular formula is C33H32ClFN6O3. The van der Waals surface area contributed by atoms with Crippen LogP contribution in [-0.4, -0.2) is 69.0 Å². The molecule has 0 radical (unpaired) electrons. The van der Waals surface area contributed by atoms with Crippen molar-refractivity contribution in [2.75, 3.05) is 26.3 Å². The minimum atomic E-state index is -1.08. The van der Waals surface area contributed by atoms with Gasteiger partial charge in [0.2, 0.25) is 11.8 Å². The Labute approximate surface area is 259 Å². The van der Waals surface area contributed by atoms with Gasteiger partial charge in [0.15, 0.2) is 0 Å². The van der Waals surface area contributed by atoms with Crippen LogP contribution in [-0.2, 0) is 27.4 Å². The monoisotopic (exact) mass is 614 g/mol. The number of nitrogens with one attached hydrogen (secondary N) is 1. The predicted octanol–water partition coefficient (Wildman–Crippen LogP) is 4.65. The highest BCUT2D eigenvalue weighted by Gasteiger charge is 2.34. The van der Waals surface area contributed by atoms with Crippen molar-refractivity contribution < 1.29 is 18.7 Å². The largest absolute Gasteiger partial charge is 0.378 e. The summed E-state index contributed by atoms with van der Waals surface area (Å²) in [6, 6.07) is 19.0. The topological polar surface area (TPSA) is 92.6 Å². The average Bonchev–Trinajstić information content (AvgIpc) is 3.46. The number of hydrogen-bond acceptors (Lipinski definition) is 6. The lowest BCUT2D eigenvalue weighted by Gasteiger charge is -2.34. The second kappa shape index (κ2) is 13.4. The van der Waals surface area contributed by atoms with E-state index in [2.05, 4.69) is 26.6 Å². The van der Waals surface area contributed by atoms with Crippen LogP contribution in [0, 0.1) is 5.82 Å². The molecule has 1 aromatic heterocycles. The molecular weight excluding hydrogens is 583 g/mol. The van der Waals surface area contributed by atoms with E-state index in [-0.39, 0.29) is 24.7 Å². The Morgan fingerprint density at radius 2 is 1.80 bits per heavy atom. The third-order valence-electron chi connectivity index (χ3n) is 7.85. The molecule has 2 heterocycles. The molecule has 226 valence electrons. The van der Waals surface area contributed by atoms with Crippen molar-refractivity contribution in [2.24, 2.45) is 0 Å². The lowest BCUT2D eigenvalue weighted by Crippen LogP contribution is -2.47. The normalized spacial score (nSPS) is 17.3. The summed E-state index contributed by atoms with van der Waals surface area (Å²) >= 11 is 6.20. The lowest BCUT2D eigenvalue weighted by atomic mass is 10.0. The molecule has 0 bridgehead atoms. The Bertz CT molecular complexity index is 1700. The number of rotatable bonds is 9. The Morgan fingerprint density at radius 1 is 1.05 bits per heavy atom. The van der Waals surface area contributed by atoms with Gasteiger partial charge in [-0.2, -0.15) is 0 Å². The molecule has 2 atom stereocenters. The van der Waals surface area contributed by atoms with Gasteiger partial charge in [-0.25, -0.2) is 9.07 Å². The summed E-state index contributed by atoms with van der Waals surface area (Å²) < 4.78 is 21.9. The summed E-state index contributed by atoms with van der Waals surface area (Å²) in [6.45, 7) is 2.68. The van der Waals surface area contributed by atoms with E-state index in [1.165, 1.54) is 15.6 Å². The summed E-state index contributed by atoms with van der Waals surface area (Å²) in [6.07, 6.45) is 6.67. The van der Waals surface area contributed by atoms with E-state index in [0.29, 0.717) is 41.3 Å². The fourth-order valence-corrected chi connectivity index (χ4v) is 5.66. The molecule has 3 aromatic carbocycles. The number of halogens is 2. The summed E-state index contributed by atoms with van der Waals surface area (Å²) in [4.78, 5) is 32.0. The maximum atomic E-state index is 15.0. The summed E-state index contributed by atoms with van der Waals surface area (Å²) in [5.74, 6) is -1.28. The van der Waals surface area contributed by atoms with Crippen molar-refractivity contribution in [2.45, 2.75) is 31.6 Å². The second-order valence-electron chi connectivity index (χ2n) is 10.7. The number of ether oxygens (including phenoxy) is 1. The molecule has 0 saturated carbocycles. The zero-order chi connectivity index (χ0) is 30.5. The highest BCUT2D eigenvalue weighted by Crippen LogP contribution is 2.28. The van der Waals surface area contributed by atoms with E-state index >= 15 is 0 Å². The zero-order valence-electron chi connectivity index (χ0n) is 24.0. The van der Waals surface area contributed by atoms with E-state index in [1.54, 1.807) is 48.5 Å². The molecule has 6 rings (SSSR count). The summed E-state index contributed by atoms with van der Waals surface area (Å²) in [5, 5.41) is 11.9. The fourth-order valence-electron chi connectivity index (χ4n) is 5.54. The Morgan fingerprint density at radius 3 is 2.55 bits per heavy atom. The number of para-hydroxylation sites is 1. The van der Waals surface area contributed by atoms with Crippen LogP contribution in [0.25, 0.3) is 11.0 Å². The van der Waals surface area contributed by atoms with Gasteiger partial charge in [-0.05, 0) is 48.4 Å². The van der Waals surface area contributed by atoms with E-state index in [0.717, 1.165) is 18.8 Å². The van der Waals surface area contributed by atoms with E-state index < -0.39 is 23.7 Å². The lowest BCUT2D eigenvalue weighted by molar-refractivity contribution is -0.142. The number of aromatic nitrogens is 3. The van der Waals surface area contributed by atoms with Gasteiger partial charge in [0.05, 0.1) is 24.8 Å². The van der Waals surface area contributed by atoms with Crippen LogP contribution in [0.1, 0.15) is 23.6 Å². The van der Waals surface area contributed by atoms with Crippen molar-refractivity contribution in [3.8, 4) is 0 Å². The molecule has 2 aliphatic rings.